The summed E-state index contributed by atoms with van der Waals surface area (Å²) >= 11 is 1.60. The van der Waals surface area contributed by atoms with Gasteiger partial charge in [-0.05, 0) is 35.4 Å². The van der Waals surface area contributed by atoms with Gasteiger partial charge in [0.05, 0.1) is 6.61 Å². The van der Waals surface area contributed by atoms with E-state index in [1.165, 1.54) is 12.8 Å². The molecule has 1 aromatic heterocycles. The van der Waals surface area contributed by atoms with Gasteiger partial charge in [0.2, 0.25) is 0 Å². The van der Waals surface area contributed by atoms with Crippen molar-refractivity contribution >= 4 is 23.4 Å². The van der Waals surface area contributed by atoms with Gasteiger partial charge in [-0.15, -0.1) is 11.3 Å². The SMILES string of the molecule is CCCC(C)COCc1cc(/C=C/C(=O)O)cs1. The molecule has 0 bridgehead atoms. The molecule has 4 heteroatoms. The molecule has 1 rings (SSSR count). The molecule has 0 aliphatic heterocycles. The van der Waals surface area contributed by atoms with Crippen LogP contribution in [-0.2, 0) is 16.1 Å². The Hall–Kier alpha value is -1.13. The number of aliphatic carboxylic acids is 1. The molecule has 100 valence electrons. The van der Waals surface area contributed by atoms with Gasteiger partial charge < -0.3 is 9.84 Å². The monoisotopic (exact) mass is 268 g/mol. The minimum absolute atomic E-state index is 0.598. The molecule has 3 nitrogen and oxygen atoms in total. The summed E-state index contributed by atoms with van der Waals surface area (Å²) in [5.41, 5.74) is 0.919. The van der Waals surface area contributed by atoms with Crippen LogP contribution in [0.3, 0.4) is 0 Å². The van der Waals surface area contributed by atoms with Crippen molar-refractivity contribution in [1.82, 2.24) is 0 Å². The number of thiophene rings is 1. The van der Waals surface area contributed by atoms with Gasteiger partial charge in [-0.1, -0.05) is 20.3 Å². The lowest BCUT2D eigenvalue weighted by atomic mass is 10.1. The smallest absolute Gasteiger partial charge is 0.328 e. The predicted molar refractivity (Wildman–Crippen MR) is 74.7 cm³/mol. The maximum atomic E-state index is 10.4. The van der Waals surface area contributed by atoms with Crippen molar-refractivity contribution < 1.29 is 14.6 Å². The molecule has 0 amide bonds. The second-order valence-corrected chi connectivity index (χ2v) is 5.42. The van der Waals surface area contributed by atoms with Gasteiger partial charge in [0.25, 0.3) is 0 Å². The van der Waals surface area contributed by atoms with E-state index >= 15 is 0 Å². The van der Waals surface area contributed by atoms with E-state index in [1.54, 1.807) is 17.4 Å². The summed E-state index contributed by atoms with van der Waals surface area (Å²) in [6.07, 6.45) is 5.13. The van der Waals surface area contributed by atoms with Gasteiger partial charge in [0.1, 0.15) is 0 Å². The molecular formula is C14H20O3S. The fourth-order valence-electron chi connectivity index (χ4n) is 1.67. The maximum Gasteiger partial charge on any atom is 0.328 e. The summed E-state index contributed by atoms with van der Waals surface area (Å²) in [5, 5.41) is 10.5. The number of ether oxygens (including phenoxy) is 1. The molecule has 1 heterocycles. The number of carboxylic acids is 1. The Morgan fingerprint density at radius 1 is 1.61 bits per heavy atom. The van der Waals surface area contributed by atoms with Gasteiger partial charge in [-0.25, -0.2) is 4.79 Å². The van der Waals surface area contributed by atoms with Crippen LogP contribution in [0.25, 0.3) is 6.08 Å². The van der Waals surface area contributed by atoms with Crippen molar-refractivity contribution in [2.75, 3.05) is 6.61 Å². The lowest BCUT2D eigenvalue weighted by molar-refractivity contribution is -0.131. The lowest BCUT2D eigenvalue weighted by Gasteiger charge is -2.09. The average Bonchev–Trinajstić information content (AvgIpc) is 2.75. The third-order valence-electron chi connectivity index (χ3n) is 2.52. The first kappa shape index (κ1) is 14.9. The molecule has 1 atom stereocenters. The van der Waals surface area contributed by atoms with Gasteiger partial charge >= 0.3 is 5.97 Å². The highest BCUT2D eigenvalue weighted by molar-refractivity contribution is 7.10. The first-order chi connectivity index (χ1) is 8.61. The fourth-order valence-corrected chi connectivity index (χ4v) is 2.45. The summed E-state index contributed by atoms with van der Waals surface area (Å²) < 4.78 is 5.64. The zero-order chi connectivity index (χ0) is 13.4. The zero-order valence-corrected chi connectivity index (χ0v) is 11.7. The summed E-state index contributed by atoms with van der Waals surface area (Å²) in [7, 11) is 0. The van der Waals surface area contributed by atoms with E-state index in [0.29, 0.717) is 12.5 Å². The molecule has 0 aliphatic carbocycles. The van der Waals surface area contributed by atoms with Crippen LogP contribution in [0.5, 0.6) is 0 Å². The van der Waals surface area contributed by atoms with Crippen molar-refractivity contribution in [3.05, 3.63) is 28.0 Å². The van der Waals surface area contributed by atoms with Crippen LogP contribution in [-0.4, -0.2) is 17.7 Å². The van der Waals surface area contributed by atoms with E-state index in [0.717, 1.165) is 23.1 Å². The van der Waals surface area contributed by atoms with E-state index < -0.39 is 5.97 Å². The highest BCUT2D eigenvalue weighted by Crippen LogP contribution is 2.17. The molecule has 1 unspecified atom stereocenters. The molecule has 0 fully saturated rings. The Bertz CT molecular complexity index is 395. The summed E-state index contributed by atoms with van der Waals surface area (Å²) in [5.74, 6) is -0.325. The maximum absolute atomic E-state index is 10.4. The fraction of sp³-hybridized carbons (Fsp3) is 0.500. The van der Waals surface area contributed by atoms with Crippen LogP contribution in [0.2, 0.25) is 0 Å². The van der Waals surface area contributed by atoms with E-state index in [-0.39, 0.29) is 0 Å². The van der Waals surface area contributed by atoms with Crippen molar-refractivity contribution in [2.24, 2.45) is 5.92 Å². The van der Waals surface area contributed by atoms with E-state index in [4.69, 9.17) is 9.84 Å². The van der Waals surface area contributed by atoms with Crippen molar-refractivity contribution in [1.29, 1.82) is 0 Å². The van der Waals surface area contributed by atoms with Gasteiger partial charge in [0.15, 0.2) is 0 Å². The van der Waals surface area contributed by atoms with Crippen LogP contribution < -0.4 is 0 Å². The second kappa shape index (κ2) is 8.06. The lowest BCUT2D eigenvalue weighted by Crippen LogP contribution is -2.04. The largest absolute Gasteiger partial charge is 0.478 e. The molecule has 0 saturated carbocycles. The summed E-state index contributed by atoms with van der Waals surface area (Å²) in [6, 6.07) is 1.97. The third kappa shape index (κ3) is 5.98. The number of carboxylic acid groups (broad SMARTS) is 1. The molecule has 18 heavy (non-hydrogen) atoms. The third-order valence-corrected chi connectivity index (χ3v) is 3.45. The van der Waals surface area contributed by atoms with Crippen LogP contribution in [0.4, 0.5) is 0 Å². The van der Waals surface area contributed by atoms with E-state index in [9.17, 15) is 4.79 Å². The Kier molecular flexibility index (Phi) is 6.68. The zero-order valence-electron chi connectivity index (χ0n) is 10.9. The van der Waals surface area contributed by atoms with E-state index in [1.807, 2.05) is 11.4 Å². The highest BCUT2D eigenvalue weighted by atomic mass is 32.1. The molecule has 0 radical (unpaired) electrons. The molecule has 0 spiro atoms. The number of hydrogen-bond donors (Lipinski definition) is 1. The predicted octanol–water partition coefficient (Wildman–Crippen LogP) is 3.80. The Morgan fingerprint density at radius 2 is 2.39 bits per heavy atom. The quantitative estimate of drug-likeness (QED) is 0.729. The molecule has 0 saturated heterocycles. The molecular weight excluding hydrogens is 248 g/mol. The van der Waals surface area contributed by atoms with E-state index in [2.05, 4.69) is 13.8 Å². The minimum Gasteiger partial charge on any atom is -0.478 e. The van der Waals surface area contributed by atoms with Gasteiger partial charge in [-0.2, -0.15) is 0 Å². The van der Waals surface area contributed by atoms with Crippen LogP contribution >= 0.6 is 11.3 Å². The number of carbonyl (C=O) groups is 1. The van der Waals surface area contributed by atoms with Crippen molar-refractivity contribution in [3.63, 3.8) is 0 Å². The molecule has 0 aromatic carbocycles. The topological polar surface area (TPSA) is 46.5 Å². The van der Waals surface area contributed by atoms with Gasteiger partial charge in [0, 0.05) is 17.6 Å². The van der Waals surface area contributed by atoms with Gasteiger partial charge in [-0.3, -0.25) is 0 Å². The minimum atomic E-state index is -0.924. The van der Waals surface area contributed by atoms with Crippen LogP contribution in [0.15, 0.2) is 17.5 Å². The molecule has 0 aliphatic rings. The number of hydrogen-bond acceptors (Lipinski definition) is 3. The van der Waals surface area contributed by atoms with Crippen LogP contribution in [0.1, 0.15) is 37.1 Å². The average molecular weight is 268 g/mol. The first-order valence-corrected chi connectivity index (χ1v) is 7.06. The number of rotatable bonds is 8. The summed E-state index contributed by atoms with van der Waals surface area (Å²) in [4.78, 5) is 11.5. The second-order valence-electron chi connectivity index (χ2n) is 4.43. The van der Waals surface area contributed by atoms with Crippen LogP contribution in [0, 0.1) is 5.92 Å². The van der Waals surface area contributed by atoms with Crippen molar-refractivity contribution in [2.45, 2.75) is 33.3 Å². The Balaban J connectivity index is 2.33. The summed E-state index contributed by atoms with van der Waals surface area (Å²) in [6.45, 7) is 5.77. The molecule has 1 N–H and O–H groups in total. The Labute approximate surface area is 112 Å². The normalized spacial score (nSPS) is 13.0. The standard InChI is InChI=1S/C14H20O3S/c1-3-4-11(2)8-17-9-13-7-12(10-18-13)5-6-14(15)16/h5-7,10-11H,3-4,8-9H2,1-2H3,(H,15,16)/b6-5+. The van der Waals surface area contributed by atoms with Crippen molar-refractivity contribution in [3.8, 4) is 0 Å². The first-order valence-electron chi connectivity index (χ1n) is 6.18. The molecule has 1 aromatic rings. The Morgan fingerprint density at radius 3 is 3.06 bits per heavy atom. The highest BCUT2D eigenvalue weighted by Gasteiger charge is 2.02.